The summed E-state index contributed by atoms with van der Waals surface area (Å²) in [5.41, 5.74) is 1.82. The number of nitrogens with zero attached hydrogens (tertiary/aromatic N) is 1. The number of nitro benzene ring substituents is 1. The van der Waals surface area contributed by atoms with Gasteiger partial charge >= 0.3 is 0 Å². The van der Waals surface area contributed by atoms with E-state index in [1.165, 1.54) is 6.07 Å². The van der Waals surface area contributed by atoms with Gasteiger partial charge in [0.25, 0.3) is 5.69 Å². The molecule has 0 fully saturated rings. The van der Waals surface area contributed by atoms with E-state index in [4.69, 9.17) is 11.2 Å². The molecule has 94 valence electrons. The normalized spacial score (nSPS) is 9.68. The molecule has 0 aliphatic heterocycles. The van der Waals surface area contributed by atoms with E-state index in [0.29, 0.717) is 5.75 Å². The van der Waals surface area contributed by atoms with Crippen molar-refractivity contribution in [3.05, 3.63) is 58.1 Å². The number of methoxy groups -OCH3 is 1. The topological polar surface area (TPSA) is 52.4 Å². The minimum Gasteiger partial charge on any atom is -0.496 e. The molecule has 0 aliphatic rings. The second-order valence-corrected chi connectivity index (χ2v) is 3.83. The Hall–Kier alpha value is -2.80. The summed E-state index contributed by atoms with van der Waals surface area (Å²) < 4.78 is 5.27. The van der Waals surface area contributed by atoms with Crippen molar-refractivity contribution < 1.29 is 9.66 Å². The Kier molecular flexibility index (Phi) is 3.48. The van der Waals surface area contributed by atoms with Crippen molar-refractivity contribution in [2.75, 3.05) is 7.11 Å². The summed E-state index contributed by atoms with van der Waals surface area (Å²) in [5.74, 6) is 3.04. The lowest BCUT2D eigenvalue weighted by atomic mass is 10.0. The van der Waals surface area contributed by atoms with Crippen LogP contribution < -0.4 is 4.74 Å². The van der Waals surface area contributed by atoms with Crippen LogP contribution in [0.2, 0.25) is 0 Å². The number of para-hydroxylation sites is 1. The van der Waals surface area contributed by atoms with E-state index >= 15 is 0 Å². The minimum absolute atomic E-state index is 0.0684. The molecule has 4 nitrogen and oxygen atoms in total. The number of nitro groups is 1. The first kappa shape index (κ1) is 12.7. The maximum Gasteiger partial charge on any atom is 0.284 e. The summed E-state index contributed by atoms with van der Waals surface area (Å²) in [6, 6.07) is 12.1. The van der Waals surface area contributed by atoms with E-state index in [9.17, 15) is 10.1 Å². The first-order valence-electron chi connectivity index (χ1n) is 5.56. The van der Waals surface area contributed by atoms with Crippen LogP contribution in [0.25, 0.3) is 11.1 Å². The Labute approximate surface area is 110 Å². The van der Waals surface area contributed by atoms with Crippen molar-refractivity contribution >= 4 is 5.69 Å². The highest BCUT2D eigenvalue weighted by Gasteiger charge is 2.14. The molecule has 0 bridgehead atoms. The highest BCUT2D eigenvalue weighted by atomic mass is 16.6. The molecule has 4 heteroatoms. The SMILES string of the molecule is C#Cc1cc(-c2ccccc2OC)ccc1[N+](=O)[O-]. The fourth-order valence-electron chi connectivity index (χ4n) is 1.86. The van der Waals surface area contributed by atoms with Gasteiger partial charge in [-0.15, -0.1) is 6.42 Å². The van der Waals surface area contributed by atoms with E-state index in [0.717, 1.165) is 11.1 Å². The molecule has 19 heavy (non-hydrogen) atoms. The summed E-state index contributed by atoms with van der Waals surface area (Å²) in [6.07, 6.45) is 5.32. The van der Waals surface area contributed by atoms with Crippen molar-refractivity contribution in [1.29, 1.82) is 0 Å². The fourth-order valence-corrected chi connectivity index (χ4v) is 1.86. The maximum atomic E-state index is 10.8. The van der Waals surface area contributed by atoms with E-state index in [1.807, 2.05) is 24.3 Å². The molecule has 2 aromatic carbocycles. The molecule has 0 radical (unpaired) electrons. The van der Waals surface area contributed by atoms with Crippen molar-refractivity contribution in [2.24, 2.45) is 0 Å². The predicted octanol–water partition coefficient (Wildman–Crippen LogP) is 3.25. The monoisotopic (exact) mass is 253 g/mol. The van der Waals surface area contributed by atoms with Gasteiger partial charge < -0.3 is 4.74 Å². The van der Waals surface area contributed by atoms with Crippen molar-refractivity contribution in [1.82, 2.24) is 0 Å². The molecular weight excluding hydrogens is 242 g/mol. The number of rotatable bonds is 3. The van der Waals surface area contributed by atoms with Crippen LogP contribution in [0.5, 0.6) is 5.75 Å². The number of terminal acetylenes is 1. The summed E-state index contributed by atoms with van der Waals surface area (Å²) in [6.45, 7) is 0. The Bertz CT molecular complexity index is 671. The van der Waals surface area contributed by atoms with Crippen LogP contribution in [0.1, 0.15) is 5.56 Å². The first-order chi connectivity index (χ1) is 9.17. The molecule has 2 rings (SSSR count). The second-order valence-electron chi connectivity index (χ2n) is 3.83. The highest BCUT2D eigenvalue weighted by Crippen LogP contribution is 2.32. The van der Waals surface area contributed by atoms with Crippen LogP contribution in [-0.2, 0) is 0 Å². The van der Waals surface area contributed by atoms with Crippen LogP contribution >= 0.6 is 0 Å². The molecule has 0 atom stereocenters. The number of hydrogen-bond acceptors (Lipinski definition) is 3. The van der Waals surface area contributed by atoms with Crippen LogP contribution in [-0.4, -0.2) is 12.0 Å². The molecule has 0 N–H and O–H groups in total. The van der Waals surface area contributed by atoms with Gasteiger partial charge in [-0.05, 0) is 23.8 Å². The van der Waals surface area contributed by atoms with E-state index < -0.39 is 4.92 Å². The zero-order valence-corrected chi connectivity index (χ0v) is 10.3. The van der Waals surface area contributed by atoms with Gasteiger partial charge in [-0.2, -0.15) is 0 Å². The largest absolute Gasteiger partial charge is 0.496 e. The Morgan fingerprint density at radius 2 is 2.00 bits per heavy atom. The molecule has 0 heterocycles. The Morgan fingerprint density at radius 1 is 1.26 bits per heavy atom. The molecule has 0 unspecified atom stereocenters. The van der Waals surface area contributed by atoms with Gasteiger partial charge in [0.15, 0.2) is 0 Å². The molecule has 0 saturated carbocycles. The number of benzene rings is 2. The lowest BCUT2D eigenvalue weighted by Gasteiger charge is -2.08. The van der Waals surface area contributed by atoms with Gasteiger partial charge in [0.2, 0.25) is 0 Å². The van der Waals surface area contributed by atoms with Crippen LogP contribution in [0.4, 0.5) is 5.69 Å². The summed E-state index contributed by atoms with van der Waals surface area (Å²) in [7, 11) is 1.58. The third-order valence-corrected chi connectivity index (χ3v) is 2.77. The minimum atomic E-state index is -0.485. The first-order valence-corrected chi connectivity index (χ1v) is 5.56. The van der Waals surface area contributed by atoms with Gasteiger partial charge in [-0.25, -0.2) is 0 Å². The molecule has 0 amide bonds. The quantitative estimate of drug-likeness (QED) is 0.479. The molecule has 0 aliphatic carbocycles. The lowest BCUT2D eigenvalue weighted by molar-refractivity contribution is -0.385. The molecule has 2 aromatic rings. The average Bonchev–Trinajstić information content (AvgIpc) is 2.46. The third kappa shape index (κ3) is 2.40. The van der Waals surface area contributed by atoms with Gasteiger partial charge in [-0.3, -0.25) is 10.1 Å². The molecular formula is C15H11NO3. The van der Waals surface area contributed by atoms with E-state index in [1.54, 1.807) is 19.2 Å². The van der Waals surface area contributed by atoms with Gasteiger partial charge in [0.05, 0.1) is 12.0 Å². The fraction of sp³-hybridized carbons (Fsp3) is 0.0667. The molecule has 0 aromatic heterocycles. The maximum absolute atomic E-state index is 10.8. The van der Waals surface area contributed by atoms with Crippen molar-refractivity contribution in [2.45, 2.75) is 0 Å². The van der Waals surface area contributed by atoms with Crippen LogP contribution in [0.15, 0.2) is 42.5 Å². The summed E-state index contributed by atoms with van der Waals surface area (Å²) in [5, 5.41) is 10.8. The van der Waals surface area contributed by atoms with Gasteiger partial charge in [-0.1, -0.05) is 24.1 Å². The second kappa shape index (κ2) is 5.23. The Balaban J connectivity index is 2.59. The summed E-state index contributed by atoms with van der Waals surface area (Å²) in [4.78, 5) is 10.4. The predicted molar refractivity (Wildman–Crippen MR) is 73.0 cm³/mol. The Morgan fingerprint density at radius 3 is 2.63 bits per heavy atom. The number of ether oxygens (including phenoxy) is 1. The van der Waals surface area contributed by atoms with Crippen molar-refractivity contribution in [3.8, 4) is 29.2 Å². The lowest BCUT2D eigenvalue weighted by Crippen LogP contribution is -1.93. The molecule has 0 spiro atoms. The number of hydrogen-bond donors (Lipinski definition) is 0. The van der Waals surface area contributed by atoms with Gasteiger partial charge in [0.1, 0.15) is 11.3 Å². The standard InChI is InChI=1S/C15H11NO3/c1-3-11-10-12(8-9-14(11)16(17)18)13-6-4-5-7-15(13)19-2/h1,4-10H,2H3. The zero-order chi connectivity index (χ0) is 13.8. The van der Waals surface area contributed by atoms with Crippen LogP contribution in [0.3, 0.4) is 0 Å². The molecule has 0 saturated heterocycles. The van der Waals surface area contributed by atoms with E-state index in [-0.39, 0.29) is 11.3 Å². The third-order valence-electron chi connectivity index (χ3n) is 2.77. The highest BCUT2D eigenvalue weighted by molar-refractivity contribution is 5.73. The van der Waals surface area contributed by atoms with E-state index in [2.05, 4.69) is 5.92 Å². The zero-order valence-electron chi connectivity index (χ0n) is 10.3. The van der Waals surface area contributed by atoms with Gasteiger partial charge in [0, 0.05) is 11.6 Å². The smallest absolute Gasteiger partial charge is 0.284 e. The average molecular weight is 253 g/mol. The summed E-state index contributed by atoms with van der Waals surface area (Å²) >= 11 is 0. The van der Waals surface area contributed by atoms with Crippen LogP contribution in [0, 0.1) is 22.5 Å². The van der Waals surface area contributed by atoms with Crippen molar-refractivity contribution in [3.63, 3.8) is 0 Å².